The summed E-state index contributed by atoms with van der Waals surface area (Å²) in [6, 6.07) is 12.9. The van der Waals surface area contributed by atoms with Gasteiger partial charge in [-0.05, 0) is 49.4 Å². The Labute approximate surface area is 115 Å². The van der Waals surface area contributed by atoms with Crippen LogP contribution in [0.2, 0.25) is 0 Å². The first-order valence-corrected chi connectivity index (χ1v) is 6.87. The van der Waals surface area contributed by atoms with Gasteiger partial charge in [-0.1, -0.05) is 37.3 Å². The van der Waals surface area contributed by atoms with Crippen LogP contribution in [-0.4, -0.2) is 4.98 Å². The fourth-order valence-electron chi connectivity index (χ4n) is 2.36. The largest absolute Gasteiger partial charge is 0.324 e. The standard InChI is InChI=1S/C17H22N2/c1-4-14-6-8-15(9-7-14)11-17(18)16-10-5-12(2)19-13(16)3/h5-10,17H,4,11,18H2,1-3H3. The molecule has 19 heavy (non-hydrogen) atoms. The van der Waals surface area contributed by atoms with Crippen molar-refractivity contribution in [1.29, 1.82) is 0 Å². The second-order valence-corrected chi connectivity index (χ2v) is 5.11. The smallest absolute Gasteiger partial charge is 0.0423 e. The summed E-state index contributed by atoms with van der Waals surface area (Å²) in [5.74, 6) is 0. The normalized spacial score (nSPS) is 12.4. The molecule has 0 amide bonds. The third-order valence-corrected chi connectivity index (χ3v) is 3.55. The van der Waals surface area contributed by atoms with Gasteiger partial charge in [0.25, 0.3) is 0 Å². The number of pyridine rings is 1. The van der Waals surface area contributed by atoms with Gasteiger partial charge in [-0.25, -0.2) is 0 Å². The Morgan fingerprint density at radius 1 is 1.00 bits per heavy atom. The first-order chi connectivity index (χ1) is 9.10. The van der Waals surface area contributed by atoms with Crippen LogP contribution in [0.15, 0.2) is 36.4 Å². The molecule has 2 rings (SSSR count). The summed E-state index contributed by atoms with van der Waals surface area (Å²) in [5, 5.41) is 0. The lowest BCUT2D eigenvalue weighted by atomic mass is 9.97. The van der Waals surface area contributed by atoms with Gasteiger partial charge >= 0.3 is 0 Å². The Kier molecular flexibility index (Phi) is 4.33. The summed E-state index contributed by atoms with van der Waals surface area (Å²) in [7, 11) is 0. The van der Waals surface area contributed by atoms with Crippen molar-refractivity contribution in [3.8, 4) is 0 Å². The predicted octanol–water partition coefficient (Wildman–Crippen LogP) is 3.50. The van der Waals surface area contributed by atoms with Gasteiger partial charge < -0.3 is 5.73 Å². The minimum absolute atomic E-state index is 0.0144. The van der Waals surface area contributed by atoms with E-state index >= 15 is 0 Å². The van der Waals surface area contributed by atoms with E-state index in [1.165, 1.54) is 11.1 Å². The second-order valence-electron chi connectivity index (χ2n) is 5.11. The first kappa shape index (κ1) is 13.8. The minimum Gasteiger partial charge on any atom is -0.324 e. The van der Waals surface area contributed by atoms with Crippen molar-refractivity contribution >= 4 is 0 Å². The summed E-state index contributed by atoms with van der Waals surface area (Å²) in [6.07, 6.45) is 1.93. The number of benzene rings is 1. The minimum atomic E-state index is 0.0144. The number of hydrogen-bond acceptors (Lipinski definition) is 2. The highest BCUT2D eigenvalue weighted by atomic mass is 14.7. The molecule has 1 unspecified atom stereocenters. The number of aryl methyl sites for hydroxylation is 3. The van der Waals surface area contributed by atoms with Gasteiger partial charge in [-0.3, -0.25) is 4.98 Å². The van der Waals surface area contributed by atoms with Crippen LogP contribution < -0.4 is 5.73 Å². The molecule has 1 aromatic heterocycles. The predicted molar refractivity (Wildman–Crippen MR) is 80.2 cm³/mol. The van der Waals surface area contributed by atoms with Crippen molar-refractivity contribution in [2.75, 3.05) is 0 Å². The number of nitrogens with two attached hydrogens (primary N) is 1. The average molecular weight is 254 g/mol. The molecular formula is C17H22N2. The first-order valence-electron chi connectivity index (χ1n) is 6.87. The van der Waals surface area contributed by atoms with E-state index in [9.17, 15) is 0 Å². The van der Waals surface area contributed by atoms with E-state index in [-0.39, 0.29) is 6.04 Å². The molecular weight excluding hydrogens is 232 g/mol. The molecule has 0 aliphatic heterocycles. The van der Waals surface area contributed by atoms with Crippen LogP contribution in [-0.2, 0) is 12.8 Å². The van der Waals surface area contributed by atoms with Crippen LogP contribution in [0.4, 0.5) is 0 Å². The number of rotatable bonds is 4. The fourth-order valence-corrected chi connectivity index (χ4v) is 2.36. The van der Waals surface area contributed by atoms with Crippen molar-refractivity contribution in [3.05, 3.63) is 64.5 Å². The summed E-state index contributed by atoms with van der Waals surface area (Å²) in [6.45, 7) is 6.20. The van der Waals surface area contributed by atoms with E-state index in [1.54, 1.807) is 0 Å². The Bertz CT molecular complexity index is 544. The van der Waals surface area contributed by atoms with Gasteiger partial charge in [-0.2, -0.15) is 0 Å². The molecule has 2 heteroatoms. The van der Waals surface area contributed by atoms with E-state index in [4.69, 9.17) is 5.73 Å². The molecule has 0 fully saturated rings. The zero-order chi connectivity index (χ0) is 13.8. The quantitative estimate of drug-likeness (QED) is 0.907. The maximum absolute atomic E-state index is 6.31. The summed E-state index contributed by atoms with van der Waals surface area (Å²) in [4.78, 5) is 4.48. The van der Waals surface area contributed by atoms with Crippen molar-refractivity contribution in [3.63, 3.8) is 0 Å². The maximum Gasteiger partial charge on any atom is 0.0423 e. The van der Waals surface area contributed by atoms with Crippen LogP contribution in [0, 0.1) is 13.8 Å². The van der Waals surface area contributed by atoms with Gasteiger partial charge in [0.1, 0.15) is 0 Å². The Balaban J connectivity index is 2.13. The van der Waals surface area contributed by atoms with Gasteiger partial charge in [0.15, 0.2) is 0 Å². The maximum atomic E-state index is 6.31. The molecule has 2 N–H and O–H groups in total. The number of aromatic nitrogens is 1. The molecule has 100 valence electrons. The van der Waals surface area contributed by atoms with Crippen LogP contribution in [0.5, 0.6) is 0 Å². The average Bonchev–Trinajstić information content (AvgIpc) is 2.39. The van der Waals surface area contributed by atoms with E-state index < -0.39 is 0 Å². The summed E-state index contributed by atoms with van der Waals surface area (Å²) in [5.41, 5.74) is 12.2. The van der Waals surface area contributed by atoms with Crippen molar-refractivity contribution < 1.29 is 0 Å². The molecule has 1 atom stereocenters. The van der Waals surface area contributed by atoms with Crippen molar-refractivity contribution in [1.82, 2.24) is 4.98 Å². The van der Waals surface area contributed by atoms with Crippen LogP contribution in [0.25, 0.3) is 0 Å². The van der Waals surface area contributed by atoms with Crippen LogP contribution in [0.1, 0.15) is 41.0 Å². The second kappa shape index (κ2) is 5.98. The molecule has 0 aliphatic carbocycles. The van der Waals surface area contributed by atoms with Gasteiger partial charge in [0.05, 0.1) is 0 Å². The molecule has 1 aromatic carbocycles. The zero-order valence-corrected chi connectivity index (χ0v) is 12.0. The van der Waals surface area contributed by atoms with E-state index in [1.807, 2.05) is 19.9 Å². The van der Waals surface area contributed by atoms with Crippen LogP contribution in [0.3, 0.4) is 0 Å². The Morgan fingerprint density at radius 3 is 2.21 bits per heavy atom. The SMILES string of the molecule is CCc1ccc(CC(N)c2ccc(C)nc2C)cc1. The summed E-state index contributed by atoms with van der Waals surface area (Å²) >= 11 is 0. The lowest BCUT2D eigenvalue weighted by Crippen LogP contribution is -2.15. The van der Waals surface area contributed by atoms with E-state index in [2.05, 4.69) is 42.2 Å². The molecule has 0 spiro atoms. The third-order valence-electron chi connectivity index (χ3n) is 3.55. The van der Waals surface area contributed by atoms with Gasteiger partial charge in [0.2, 0.25) is 0 Å². The molecule has 0 aliphatic rings. The molecule has 0 radical (unpaired) electrons. The fraction of sp³-hybridized carbons (Fsp3) is 0.353. The Morgan fingerprint density at radius 2 is 1.63 bits per heavy atom. The van der Waals surface area contributed by atoms with E-state index in [0.29, 0.717) is 0 Å². The number of nitrogens with zero attached hydrogens (tertiary/aromatic N) is 1. The highest BCUT2D eigenvalue weighted by Gasteiger charge is 2.10. The highest BCUT2D eigenvalue weighted by Crippen LogP contribution is 2.19. The monoisotopic (exact) mass is 254 g/mol. The highest BCUT2D eigenvalue weighted by molar-refractivity contribution is 5.29. The van der Waals surface area contributed by atoms with Crippen molar-refractivity contribution in [2.45, 2.75) is 39.7 Å². The Hall–Kier alpha value is -1.67. The molecule has 0 bridgehead atoms. The third kappa shape index (κ3) is 3.42. The van der Waals surface area contributed by atoms with E-state index in [0.717, 1.165) is 29.8 Å². The lowest BCUT2D eigenvalue weighted by Gasteiger charge is -2.15. The van der Waals surface area contributed by atoms with Gasteiger partial charge in [0, 0.05) is 17.4 Å². The molecule has 0 saturated carbocycles. The van der Waals surface area contributed by atoms with Gasteiger partial charge in [-0.15, -0.1) is 0 Å². The zero-order valence-electron chi connectivity index (χ0n) is 12.0. The number of hydrogen-bond donors (Lipinski definition) is 1. The topological polar surface area (TPSA) is 38.9 Å². The van der Waals surface area contributed by atoms with Crippen LogP contribution >= 0.6 is 0 Å². The molecule has 2 aromatic rings. The van der Waals surface area contributed by atoms with Crippen molar-refractivity contribution in [2.24, 2.45) is 5.73 Å². The summed E-state index contributed by atoms with van der Waals surface area (Å²) < 4.78 is 0. The molecule has 0 saturated heterocycles. The molecule has 1 heterocycles. The lowest BCUT2D eigenvalue weighted by molar-refractivity contribution is 0.709. The molecule has 2 nitrogen and oxygen atoms in total.